The quantitative estimate of drug-likeness (QED) is 0.177. The summed E-state index contributed by atoms with van der Waals surface area (Å²) >= 11 is 0. The predicted molar refractivity (Wildman–Crippen MR) is 213 cm³/mol. The van der Waals surface area contributed by atoms with Crippen molar-refractivity contribution in [3.05, 3.63) is 174 Å². The first-order valence-electron chi connectivity index (χ1n) is 17.7. The molecule has 0 N–H and O–H groups in total. The van der Waals surface area contributed by atoms with E-state index in [2.05, 4.69) is 104 Å². The van der Waals surface area contributed by atoms with Gasteiger partial charge in [0.2, 0.25) is 0 Å². The van der Waals surface area contributed by atoms with E-state index in [1.165, 1.54) is 11.1 Å². The largest absolute Gasteiger partial charge is 0.310 e. The molecular formula is C47H31N7. The molecule has 0 atom stereocenters. The number of benzene rings is 6. The van der Waals surface area contributed by atoms with Gasteiger partial charge in [0, 0.05) is 33.4 Å². The second-order valence-corrected chi connectivity index (χ2v) is 13.8. The van der Waals surface area contributed by atoms with E-state index >= 15 is 0 Å². The molecule has 254 valence electrons. The number of anilines is 3. The minimum atomic E-state index is -0.146. The Bertz CT molecular complexity index is 2750. The van der Waals surface area contributed by atoms with Crippen LogP contribution < -0.4 is 4.90 Å². The van der Waals surface area contributed by atoms with Crippen LogP contribution in [-0.4, -0.2) is 19.9 Å². The predicted octanol–water partition coefficient (Wildman–Crippen LogP) is 10.9. The van der Waals surface area contributed by atoms with Gasteiger partial charge < -0.3 is 4.90 Å². The van der Waals surface area contributed by atoms with Crippen molar-refractivity contribution in [1.82, 2.24) is 19.9 Å². The highest BCUT2D eigenvalue weighted by atomic mass is 15.2. The minimum Gasteiger partial charge on any atom is -0.310 e. The molecule has 9 rings (SSSR count). The molecule has 0 bridgehead atoms. The Kier molecular flexibility index (Phi) is 7.77. The SMILES string of the molecule is CC1(C)c2ccccc2N(c2ccc(-c3nc4nc(-c5ccc(C#N)cc5)c(-c5ccc(C#N)cc5)nc4nc3-c3ccccc3)cc2)c2ccccc21. The van der Waals surface area contributed by atoms with Crippen molar-refractivity contribution in [2.75, 3.05) is 4.90 Å². The van der Waals surface area contributed by atoms with Crippen LogP contribution in [0.3, 0.4) is 0 Å². The summed E-state index contributed by atoms with van der Waals surface area (Å²) in [6.07, 6.45) is 0. The van der Waals surface area contributed by atoms with Gasteiger partial charge in [-0.05, 0) is 59.7 Å². The first kappa shape index (κ1) is 32.4. The molecule has 2 aromatic heterocycles. The van der Waals surface area contributed by atoms with Gasteiger partial charge in [0.15, 0.2) is 11.3 Å². The summed E-state index contributed by atoms with van der Waals surface area (Å²) in [6, 6.07) is 54.6. The fourth-order valence-electron chi connectivity index (χ4n) is 7.41. The number of para-hydroxylation sites is 2. The summed E-state index contributed by atoms with van der Waals surface area (Å²) in [5.74, 6) is 0. The number of nitrogens with zero attached hydrogens (tertiary/aromatic N) is 7. The second kappa shape index (κ2) is 12.9. The van der Waals surface area contributed by atoms with Crippen LogP contribution in [-0.2, 0) is 5.41 Å². The molecule has 3 heterocycles. The van der Waals surface area contributed by atoms with E-state index in [-0.39, 0.29) is 5.41 Å². The molecule has 1 aliphatic heterocycles. The summed E-state index contributed by atoms with van der Waals surface area (Å²) in [6.45, 7) is 4.58. The highest BCUT2D eigenvalue weighted by Gasteiger charge is 2.36. The van der Waals surface area contributed by atoms with Crippen LogP contribution in [0.4, 0.5) is 17.1 Å². The van der Waals surface area contributed by atoms with Crippen molar-refractivity contribution in [2.24, 2.45) is 0 Å². The van der Waals surface area contributed by atoms with Gasteiger partial charge in [-0.15, -0.1) is 0 Å². The van der Waals surface area contributed by atoms with Crippen molar-refractivity contribution in [1.29, 1.82) is 10.5 Å². The molecule has 54 heavy (non-hydrogen) atoms. The van der Waals surface area contributed by atoms with Crippen molar-refractivity contribution < 1.29 is 0 Å². The lowest BCUT2D eigenvalue weighted by Gasteiger charge is -2.42. The number of nitriles is 2. The molecule has 0 fully saturated rings. The smallest absolute Gasteiger partial charge is 0.199 e. The van der Waals surface area contributed by atoms with E-state index in [1.54, 1.807) is 24.3 Å². The van der Waals surface area contributed by atoms with E-state index in [0.29, 0.717) is 45.2 Å². The number of hydrogen-bond donors (Lipinski definition) is 0. The van der Waals surface area contributed by atoms with Crippen molar-refractivity contribution in [3.8, 4) is 57.2 Å². The third-order valence-electron chi connectivity index (χ3n) is 10.2. The van der Waals surface area contributed by atoms with Crippen LogP contribution in [0.25, 0.3) is 56.3 Å². The van der Waals surface area contributed by atoms with Crippen LogP contribution >= 0.6 is 0 Å². The number of fused-ring (bicyclic) bond motifs is 3. The fraction of sp³-hybridized carbons (Fsp3) is 0.0638. The zero-order chi connectivity index (χ0) is 36.8. The molecule has 0 radical (unpaired) electrons. The lowest BCUT2D eigenvalue weighted by molar-refractivity contribution is 0.632. The molecule has 1 aliphatic rings. The maximum absolute atomic E-state index is 9.45. The van der Waals surface area contributed by atoms with E-state index in [4.69, 9.17) is 19.9 Å². The van der Waals surface area contributed by atoms with Gasteiger partial charge in [-0.2, -0.15) is 10.5 Å². The molecule has 6 aromatic carbocycles. The van der Waals surface area contributed by atoms with Gasteiger partial charge >= 0.3 is 0 Å². The Morgan fingerprint density at radius 1 is 0.426 bits per heavy atom. The highest BCUT2D eigenvalue weighted by molar-refractivity contribution is 5.90. The standard InChI is InChI=1S/C47H31N7/c1-47(2)37-12-6-8-14-39(37)54(40-15-9-7-13-38(40)47)36-26-24-35(25-27-36)44-41(32-10-4-3-5-11-32)50-45-46(53-44)52-43(34-22-18-31(29-49)19-23-34)42(51-45)33-20-16-30(28-48)17-21-33/h3-27H,1-2H3. The third-order valence-corrected chi connectivity index (χ3v) is 10.2. The topological polar surface area (TPSA) is 102 Å². The summed E-state index contributed by atoms with van der Waals surface area (Å²) in [5, 5.41) is 18.9. The highest BCUT2D eigenvalue weighted by Crippen LogP contribution is 2.51. The van der Waals surface area contributed by atoms with Crippen molar-refractivity contribution in [2.45, 2.75) is 19.3 Å². The van der Waals surface area contributed by atoms with E-state index in [1.807, 2.05) is 54.6 Å². The van der Waals surface area contributed by atoms with Gasteiger partial charge in [0.05, 0.1) is 57.4 Å². The van der Waals surface area contributed by atoms with Crippen LogP contribution in [0.5, 0.6) is 0 Å². The lowest BCUT2D eigenvalue weighted by atomic mass is 9.73. The van der Waals surface area contributed by atoms with E-state index in [9.17, 15) is 10.5 Å². The molecule has 0 saturated carbocycles. The zero-order valence-electron chi connectivity index (χ0n) is 29.6. The molecule has 0 unspecified atom stereocenters. The lowest BCUT2D eigenvalue weighted by Crippen LogP contribution is -2.30. The first-order chi connectivity index (χ1) is 26.4. The maximum Gasteiger partial charge on any atom is 0.199 e. The number of hydrogen-bond acceptors (Lipinski definition) is 7. The zero-order valence-corrected chi connectivity index (χ0v) is 29.6. The average molecular weight is 694 g/mol. The fourth-order valence-corrected chi connectivity index (χ4v) is 7.41. The Labute approximate surface area is 313 Å². The van der Waals surface area contributed by atoms with Crippen LogP contribution in [0.15, 0.2) is 152 Å². The van der Waals surface area contributed by atoms with Gasteiger partial charge in [-0.25, -0.2) is 19.9 Å². The van der Waals surface area contributed by atoms with Crippen LogP contribution in [0, 0.1) is 22.7 Å². The minimum absolute atomic E-state index is 0.146. The molecular weight excluding hydrogens is 663 g/mol. The summed E-state index contributed by atoms with van der Waals surface area (Å²) in [7, 11) is 0. The van der Waals surface area contributed by atoms with Crippen LogP contribution in [0.1, 0.15) is 36.1 Å². The molecule has 8 aromatic rings. The normalized spacial score (nSPS) is 12.7. The summed E-state index contributed by atoms with van der Waals surface area (Å²) in [5.41, 5.74) is 13.6. The third kappa shape index (κ3) is 5.44. The Morgan fingerprint density at radius 3 is 1.19 bits per heavy atom. The van der Waals surface area contributed by atoms with Gasteiger partial charge in [-0.3, -0.25) is 0 Å². The molecule has 0 saturated heterocycles. The Balaban J connectivity index is 1.22. The number of rotatable bonds is 5. The second-order valence-electron chi connectivity index (χ2n) is 13.8. The van der Waals surface area contributed by atoms with E-state index in [0.717, 1.165) is 39.3 Å². The van der Waals surface area contributed by atoms with Crippen molar-refractivity contribution >= 4 is 28.4 Å². The van der Waals surface area contributed by atoms with E-state index < -0.39 is 0 Å². The summed E-state index contributed by atoms with van der Waals surface area (Å²) in [4.78, 5) is 22.9. The average Bonchev–Trinajstić information content (AvgIpc) is 3.23. The summed E-state index contributed by atoms with van der Waals surface area (Å²) < 4.78 is 0. The first-order valence-corrected chi connectivity index (χ1v) is 17.7. The molecule has 0 aliphatic carbocycles. The van der Waals surface area contributed by atoms with Gasteiger partial charge in [0.25, 0.3) is 0 Å². The molecule has 7 nitrogen and oxygen atoms in total. The monoisotopic (exact) mass is 693 g/mol. The Morgan fingerprint density at radius 2 is 0.778 bits per heavy atom. The number of aromatic nitrogens is 4. The molecule has 0 amide bonds. The van der Waals surface area contributed by atoms with Crippen molar-refractivity contribution in [3.63, 3.8) is 0 Å². The van der Waals surface area contributed by atoms with Gasteiger partial charge in [-0.1, -0.05) is 117 Å². The maximum atomic E-state index is 9.45. The molecule has 7 heteroatoms. The van der Waals surface area contributed by atoms with Gasteiger partial charge in [0.1, 0.15) is 0 Å². The Hall–Kier alpha value is -7.48. The molecule has 0 spiro atoms. The van der Waals surface area contributed by atoms with Crippen LogP contribution in [0.2, 0.25) is 0 Å².